The number of carbonyl (C=O) groups is 3. The first-order valence-electron chi connectivity index (χ1n) is 11.9. The number of rotatable bonds is 9. The number of nitrogens with zero attached hydrogens (tertiary/aromatic N) is 2. The molecule has 2 amide bonds. The molecule has 0 saturated heterocycles. The van der Waals surface area contributed by atoms with E-state index in [4.69, 9.17) is 4.74 Å². The lowest BCUT2D eigenvalue weighted by Gasteiger charge is -2.30. The zero-order valence-electron chi connectivity index (χ0n) is 19.8. The van der Waals surface area contributed by atoms with Crippen LogP contribution in [-0.4, -0.2) is 58.5 Å². The average molecular weight is 525 g/mol. The SMILES string of the molecule is O=CCC(C(=O)O)N1CC=C(c2cc3nccc(Oc4ccc(NC(=O)NC5CC5)cc4F)c3s2)CC1. The number of carboxylic acid groups (broad SMARTS) is 1. The van der Waals surface area contributed by atoms with Gasteiger partial charge in [0.2, 0.25) is 0 Å². The van der Waals surface area contributed by atoms with Crippen LogP contribution in [-0.2, 0) is 9.59 Å². The van der Waals surface area contributed by atoms with Gasteiger partial charge in [-0.15, -0.1) is 11.3 Å². The van der Waals surface area contributed by atoms with Crippen LogP contribution in [0.25, 0.3) is 15.8 Å². The minimum Gasteiger partial charge on any atom is -0.480 e. The van der Waals surface area contributed by atoms with E-state index in [-0.39, 0.29) is 24.2 Å². The molecule has 1 aliphatic heterocycles. The summed E-state index contributed by atoms with van der Waals surface area (Å²) in [5, 5.41) is 14.8. The van der Waals surface area contributed by atoms with E-state index in [1.54, 1.807) is 23.2 Å². The van der Waals surface area contributed by atoms with Crippen molar-refractivity contribution in [2.75, 3.05) is 18.4 Å². The number of hydrogen-bond donors (Lipinski definition) is 3. The third-order valence-electron chi connectivity index (χ3n) is 6.30. The monoisotopic (exact) mass is 524 g/mol. The fraction of sp³-hybridized carbons (Fsp3) is 0.308. The number of amides is 2. The van der Waals surface area contributed by atoms with E-state index in [9.17, 15) is 23.9 Å². The van der Waals surface area contributed by atoms with Gasteiger partial charge >= 0.3 is 12.0 Å². The molecule has 11 heteroatoms. The number of aldehydes is 1. The third kappa shape index (κ3) is 5.78. The lowest BCUT2D eigenvalue weighted by Crippen LogP contribution is -2.43. The number of carboxylic acids is 1. The van der Waals surface area contributed by atoms with Gasteiger partial charge in [0.15, 0.2) is 11.6 Å². The van der Waals surface area contributed by atoms with Crippen LogP contribution in [0.15, 0.2) is 42.6 Å². The number of ether oxygens (including phenoxy) is 1. The second-order valence-electron chi connectivity index (χ2n) is 8.98. The van der Waals surface area contributed by atoms with E-state index in [2.05, 4.69) is 15.6 Å². The molecule has 0 bridgehead atoms. The highest BCUT2D eigenvalue weighted by molar-refractivity contribution is 7.20. The van der Waals surface area contributed by atoms with Crippen molar-refractivity contribution in [3.63, 3.8) is 0 Å². The molecule has 2 aliphatic rings. The van der Waals surface area contributed by atoms with Crippen molar-refractivity contribution in [3.05, 3.63) is 53.3 Å². The first kappa shape index (κ1) is 24.8. The Labute approximate surface area is 215 Å². The van der Waals surface area contributed by atoms with Crippen LogP contribution in [0.5, 0.6) is 11.5 Å². The van der Waals surface area contributed by atoms with E-state index in [0.29, 0.717) is 42.8 Å². The Balaban J connectivity index is 1.31. The van der Waals surface area contributed by atoms with Crippen LogP contribution in [0.4, 0.5) is 14.9 Å². The number of hydrogen-bond acceptors (Lipinski definition) is 7. The first-order valence-corrected chi connectivity index (χ1v) is 12.8. The van der Waals surface area contributed by atoms with Gasteiger partial charge in [-0.25, -0.2) is 9.18 Å². The van der Waals surface area contributed by atoms with Gasteiger partial charge in [0.25, 0.3) is 0 Å². The Morgan fingerprint density at radius 2 is 2.11 bits per heavy atom. The third-order valence-corrected chi connectivity index (χ3v) is 7.51. The number of anilines is 1. The van der Waals surface area contributed by atoms with E-state index >= 15 is 0 Å². The summed E-state index contributed by atoms with van der Waals surface area (Å²) < 4.78 is 21.4. The fourth-order valence-corrected chi connectivity index (χ4v) is 5.34. The number of fused-ring (bicyclic) bond motifs is 1. The average Bonchev–Trinajstić information content (AvgIpc) is 3.57. The normalized spacial score (nSPS) is 16.6. The summed E-state index contributed by atoms with van der Waals surface area (Å²) in [5.74, 6) is -1.13. The van der Waals surface area contributed by atoms with Crippen molar-refractivity contribution >= 4 is 51.1 Å². The van der Waals surface area contributed by atoms with Gasteiger partial charge in [-0.1, -0.05) is 6.08 Å². The molecule has 1 atom stereocenters. The molecule has 3 heterocycles. The van der Waals surface area contributed by atoms with Crippen LogP contribution >= 0.6 is 11.3 Å². The van der Waals surface area contributed by atoms with E-state index < -0.39 is 17.8 Å². The van der Waals surface area contributed by atoms with Crippen molar-refractivity contribution in [1.29, 1.82) is 0 Å². The van der Waals surface area contributed by atoms with Crippen LogP contribution in [0.3, 0.4) is 0 Å². The maximum absolute atomic E-state index is 14.8. The fourth-order valence-electron chi connectivity index (χ4n) is 4.20. The molecule has 1 saturated carbocycles. The zero-order valence-corrected chi connectivity index (χ0v) is 20.6. The van der Waals surface area contributed by atoms with Crippen molar-refractivity contribution in [3.8, 4) is 11.5 Å². The van der Waals surface area contributed by atoms with Gasteiger partial charge in [-0.05, 0) is 43.0 Å². The number of thiophene rings is 1. The Kier molecular flexibility index (Phi) is 7.15. The quantitative estimate of drug-likeness (QED) is 0.349. The lowest BCUT2D eigenvalue weighted by atomic mass is 10.0. The van der Waals surface area contributed by atoms with E-state index in [1.807, 2.05) is 12.1 Å². The minimum atomic E-state index is -1.01. The number of aliphatic carboxylic acids is 1. The molecule has 3 aromatic rings. The Morgan fingerprint density at radius 3 is 2.78 bits per heavy atom. The molecule has 1 unspecified atom stereocenters. The van der Waals surface area contributed by atoms with Gasteiger partial charge < -0.3 is 25.3 Å². The summed E-state index contributed by atoms with van der Waals surface area (Å²) in [6.45, 7) is 0.946. The summed E-state index contributed by atoms with van der Waals surface area (Å²) in [4.78, 5) is 41.4. The number of aromatic nitrogens is 1. The molecule has 9 nitrogen and oxygen atoms in total. The highest BCUT2D eigenvalue weighted by atomic mass is 32.1. The summed E-state index contributed by atoms with van der Waals surface area (Å²) in [6, 6.07) is 6.89. The second kappa shape index (κ2) is 10.7. The number of nitrogens with one attached hydrogen (secondary N) is 2. The highest BCUT2D eigenvalue weighted by Crippen LogP contribution is 2.39. The molecule has 0 radical (unpaired) electrons. The van der Waals surface area contributed by atoms with Gasteiger partial charge in [-0.2, -0.15) is 0 Å². The number of benzene rings is 1. The van der Waals surface area contributed by atoms with Gasteiger partial charge in [0.1, 0.15) is 18.1 Å². The van der Waals surface area contributed by atoms with Gasteiger partial charge in [0.05, 0.1) is 10.2 Å². The van der Waals surface area contributed by atoms with Crippen LogP contribution < -0.4 is 15.4 Å². The molecule has 1 aliphatic carbocycles. The first-order chi connectivity index (χ1) is 17.9. The van der Waals surface area contributed by atoms with Crippen molar-refractivity contribution < 1.29 is 28.6 Å². The minimum absolute atomic E-state index is 0.0259. The van der Waals surface area contributed by atoms with Crippen molar-refractivity contribution in [2.45, 2.75) is 37.8 Å². The van der Waals surface area contributed by atoms with E-state index in [0.717, 1.165) is 28.0 Å². The molecule has 37 heavy (non-hydrogen) atoms. The van der Waals surface area contributed by atoms with Crippen LogP contribution in [0.1, 0.15) is 30.6 Å². The standard InChI is InChI=1S/C26H25FN4O5S/c27-18-13-17(30-26(35)29-16-1-2-16)3-4-21(18)36-22-5-9-28-19-14-23(37-24(19)22)15-6-10-31(11-7-15)20(8-12-32)25(33)34/h3-6,9,12-14,16,20H,1-2,7-8,10-11H2,(H,33,34)(H2,29,30,35). The molecule has 1 fully saturated rings. The molecule has 3 N–H and O–H groups in total. The number of halogens is 1. The predicted molar refractivity (Wildman–Crippen MR) is 138 cm³/mol. The largest absolute Gasteiger partial charge is 0.480 e. The summed E-state index contributed by atoms with van der Waals surface area (Å²) in [5.41, 5.74) is 2.10. The number of pyridine rings is 1. The number of urea groups is 1. The smallest absolute Gasteiger partial charge is 0.321 e. The predicted octanol–water partition coefficient (Wildman–Crippen LogP) is 4.64. The van der Waals surface area contributed by atoms with Crippen LogP contribution in [0.2, 0.25) is 0 Å². The van der Waals surface area contributed by atoms with Crippen molar-refractivity contribution in [2.24, 2.45) is 0 Å². The number of carbonyl (C=O) groups excluding carboxylic acids is 2. The topological polar surface area (TPSA) is 121 Å². The summed E-state index contributed by atoms with van der Waals surface area (Å²) in [6.07, 6.45) is 6.70. The Bertz CT molecular complexity index is 1390. The van der Waals surface area contributed by atoms with Crippen molar-refractivity contribution in [1.82, 2.24) is 15.2 Å². The van der Waals surface area contributed by atoms with Gasteiger partial charge in [-0.3, -0.25) is 14.7 Å². The zero-order chi connectivity index (χ0) is 25.9. The molecule has 1 aromatic carbocycles. The maximum atomic E-state index is 14.8. The molecule has 192 valence electrons. The summed E-state index contributed by atoms with van der Waals surface area (Å²) >= 11 is 1.47. The van der Waals surface area contributed by atoms with E-state index in [1.165, 1.54) is 23.5 Å². The lowest BCUT2D eigenvalue weighted by molar-refractivity contribution is -0.144. The Morgan fingerprint density at radius 1 is 1.27 bits per heavy atom. The molecular weight excluding hydrogens is 499 g/mol. The molecule has 0 spiro atoms. The maximum Gasteiger partial charge on any atom is 0.321 e. The molecule has 2 aromatic heterocycles. The summed E-state index contributed by atoms with van der Waals surface area (Å²) in [7, 11) is 0. The van der Waals surface area contributed by atoms with Gasteiger partial charge in [0, 0.05) is 54.4 Å². The molecular formula is C26H25FN4O5S. The molecule has 5 rings (SSSR count). The van der Waals surface area contributed by atoms with Crippen LogP contribution in [0, 0.1) is 5.82 Å². The highest BCUT2D eigenvalue weighted by Gasteiger charge is 2.27. The second-order valence-corrected chi connectivity index (χ2v) is 10.0. The Hall–Kier alpha value is -3.83.